The molecule has 1 fully saturated rings. The Labute approximate surface area is 131 Å². The van der Waals surface area contributed by atoms with Gasteiger partial charge in [-0.05, 0) is 0 Å². The molecular formula is C10H21O10SSe+. The molecule has 10 nitrogen and oxygen atoms in total. The fraction of sp³-hybridized carbons (Fsp3) is 1.00. The van der Waals surface area contributed by atoms with Crippen molar-refractivity contribution >= 4 is 24.3 Å². The molecular weight excluding hydrogens is 391 g/mol. The van der Waals surface area contributed by atoms with Gasteiger partial charge < -0.3 is 0 Å². The van der Waals surface area contributed by atoms with Gasteiger partial charge in [0.05, 0.1) is 0 Å². The molecule has 0 aromatic heterocycles. The van der Waals surface area contributed by atoms with Crippen LogP contribution >= 0.6 is 0 Å². The van der Waals surface area contributed by atoms with Crippen molar-refractivity contribution in [3.05, 3.63) is 0 Å². The second kappa shape index (κ2) is 8.31. The van der Waals surface area contributed by atoms with Crippen LogP contribution in [-0.4, -0.2) is 101 Å². The topological polar surface area (TPSA) is 185 Å². The number of hydrogen-bond donors (Lipinski definition) is 7. The summed E-state index contributed by atoms with van der Waals surface area (Å²) in [5, 5.41) is 57.2. The van der Waals surface area contributed by atoms with Gasteiger partial charge in [0, 0.05) is 0 Å². The van der Waals surface area contributed by atoms with Crippen molar-refractivity contribution in [1.29, 1.82) is 0 Å². The van der Waals surface area contributed by atoms with Gasteiger partial charge in [-0.3, -0.25) is 0 Å². The van der Waals surface area contributed by atoms with Crippen molar-refractivity contribution in [3.63, 3.8) is 0 Å². The van der Waals surface area contributed by atoms with E-state index in [9.17, 15) is 28.8 Å². The van der Waals surface area contributed by atoms with Crippen LogP contribution in [0.3, 0.4) is 0 Å². The Morgan fingerprint density at radius 2 is 1.77 bits per heavy atom. The van der Waals surface area contributed by atoms with Crippen LogP contribution in [0.1, 0.15) is 0 Å². The summed E-state index contributed by atoms with van der Waals surface area (Å²) in [7, 11) is -4.86. The van der Waals surface area contributed by atoms with E-state index in [1.165, 1.54) is 0 Å². The number of hydrogen-bond acceptors (Lipinski definition) is 9. The maximum absolute atomic E-state index is 10.6. The van der Waals surface area contributed by atoms with Crippen molar-refractivity contribution < 1.29 is 47.8 Å². The summed E-state index contributed by atoms with van der Waals surface area (Å²) in [4.78, 5) is -0.806. The third kappa shape index (κ3) is 5.35. The summed E-state index contributed by atoms with van der Waals surface area (Å²) >= 11 is -2.05. The summed E-state index contributed by atoms with van der Waals surface area (Å²) in [6.07, 6.45) is -6.73. The predicted molar refractivity (Wildman–Crippen MR) is 73.7 cm³/mol. The molecule has 132 valence electrons. The van der Waals surface area contributed by atoms with Gasteiger partial charge in [0.2, 0.25) is 0 Å². The van der Waals surface area contributed by atoms with Gasteiger partial charge in [-0.15, -0.1) is 0 Å². The molecule has 0 radical (unpaired) electrons. The molecule has 0 spiro atoms. The molecule has 22 heavy (non-hydrogen) atoms. The molecule has 0 amide bonds. The fourth-order valence-corrected chi connectivity index (χ4v) is 9.02. The van der Waals surface area contributed by atoms with Crippen LogP contribution in [0.15, 0.2) is 0 Å². The summed E-state index contributed by atoms with van der Waals surface area (Å²) in [6, 6.07) is 0. The van der Waals surface area contributed by atoms with Gasteiger partial charge in [-0.1, -0.05) is 0 Å². The third-order valence-electron chi connectivity index (χ3n) is 3.31. The number of rotatable bonds is 8. The van der Waals surface area contributed by atoms with E-state index in [1.54, 1.807) is 0 Å². The standard InChI is InChI=1S/C10H20O10SSe/c11-1-5(13)10-9(16)7(15)4-22(10)3-6(14)8(2-12)20-21(17,18)19/h5-16H,1-4H2/p+1/t5-,6+,7+,8-,9-,10+,22?/m1/s1. The van der Waals surface area contributed by atoms with Crippen LogP contribution in [0.4, 0.5) is 0 Å². The molecule has 0 saturated carbocycles. The van der Waals surface area contributed by atoms with Crippen LogP contribution in [0.25, 0.3) is 0 Å². The van der Waals surface area contributed by atoms with Crippen LogP contribution in [0.5, 0.6) is 0 Å². The Bertz CT molecular complexity index is 445. The Morgan fingerprint density at radius 3 is 2.23 bits per heavy atom. The molecule has 7 atom stereocenters. The average molecular weight is 412 g/mol. The van der Waals surface area contributed by atoms with Crippen LogP contribution in [0.2, 0.25) is 15.5 Å². The fourth-order valence-electron chi connectivity index (χ4n) is 2.28. The summed E-state index contributed by atoms with van der Waals surface area (Å²) in [6.45, 7) is -1.51. The zero-order valence-electron chi connectivity index (χ0n) is 11.5. The Balaban J connectivity index is 2.77. The summed E-state index contributed by atoms with van der Waals surface area (Å²) in [5.41, 5.74) is 0. The first kappa shape index (κ1) is 20.2. The number of aliphatic hydroxyl groups excluding tert-OH is 6. The minimum atomic E-state index is -4.86. The summed E-state index contributed by atoms with van der Waals surface area (Å²) < 4.78 is 34.0. The molecule has 1 unspecified atom stereocenters. The zero-order chi connectivity index (χ0) is 17.1. The molecule has 12 heteroatoms. The van der Waals surface area contributed by atoms with E-state index in [0.717, 1.165) is 0 Å². The van der Waals surface area contributed by atoms with E-state index in [-0.39, 0.29) is 10.6 Å². The third-order valence-corrected chi connectivity index (χ3v) is 9.89. The van der Waals surface area contributed by atoms with Crippen LogP contribution in [-0.2, 0) is 14.6 Å². The monoisotopic (exact) mass is 413 g/mol. The van der Waals surface area contributed by atoms with Crippen molar-refractivity contribution in [2.45, 2.75) is 46.0 Å². The second-order valence-electron chi connectivity index (χ2n) is 4.96. The molecule has 0 aromatic carbocycles. The van der Waals surface area contributed by atoms with Gasteiger partial charge in [-0.2, -0.15) is 0 Å². The second-order valence-corrected chi connectivity index (χ2v) is 10.8. The first-order valence-electron chi connectivity index (χ1n) is 6.36. The quantitative estimate of drug-likeness (QED) is 0.156. The van der Waals surface area contributed by atoms with E-state index in [0.29, 0.717) is 0 Å². The number of aliphatic hydroxyl groups is 6. The molecule has 1 rings (SSSR count). The van der Waals surface area contributed by atoms with Gasteiger partial charge in [0.25, 0.3) is 0 Å². The summed E-state index contributed by atoms with van der Waals surface area (Å²) in [5.74, 6) is 0. The van der Waals surface area contributed by atoms with E-state index in [1.807, 2.05) is 0 Å². The molecule has 1 aliphatic heterocycles. The van der Waals surface area contributed by atoms with Gasteiger partial charge >= 0.3 is 131 Å². The molecule has 0 bridgehead atoms. The molecule has 1 saturated heterocycles. The first-order chi connectivity index (χ1) is 10.1. The van der Waals surface area contributed by atoms with Gasteiger partial charge in [0.15, 0.2) is 0 Å². The molecule has 1 aliphatic rings. The molecule has 0 aliphatic carbocycles. The minimum absolute atomic E-state index is 0.101. The van der Waals surface area contributed by atoms with Crippen molar-refractivity contribution in [2.75, 3.05) is 13.2 Å². The van der Waals surface area contributed by atoms with E-state index in [4.69, 9.17) is 14.8 Å². The molecule has 1 heterocycles. The zero-order valence-corrected chi connectivity index (χ0v) is 14.0. The molecule has 0 aromatic rings. The van der Waals surface area contributed by atoms with Crippen LogP contribution in [0, 0.1) is 0 Å². The van der Waals surface area contributed by atoms with Crippen molar-refractivity contribution in [1.82, 2.24) is 0 Å². The van der Waals surface area contributed by atoms with E-state index in [2.05, 4.69) is 4.18 Å². The Hall–Kier alpha value is 0.149. The Morgan fingerprint density at radius 1 is 1.18 bits per heavy atom. The van der Waals surface area contributed by atoms with Gasteiger partial charge in [-0.25, -0.2) is 0 Å². The SMILES string of the molecule is O=S(=O)(O)O[C@H](CO)[C@@H](O)C[Se+]1C[C@H](O)[C@@H](O)[C@@H]1[C@H](O)CO. The maximum atomic E-state index is 10.6. The van der Waals surface area contributed by atoms with Gasteiger partial charge in [0.1, 0.15) is 0 Å². The predicted octanol–water partition coefficient (Wildman–Crippen LogP) is -3.52. The Kier molecular flexibility index (Phi) is 7.63. The normalized spacial score (nSPS) is 33.6. The van der Waals surface area contributed by atoms with Crippen LogP contribution < -0.4 is 0 Å². The van der Waals surface area contributed by atoms with E-state index >= 15 is 0 Å². The van der Waals surface area contributed by atoms with Crippen molar-refractivity contribution in [3.8, 4) is 0 Å². The average Bonchev–Trinajstić information content (AvgIpc) is 2.69. The first-order valence-corrected chi connectivity index (χ1v) is 11.1. The van der Waals surface area contributed by atoms with Crippen molar-refractivity contribution in [2.24, 2.45) is 0 Å². The van der Waals surface area contributed by atoms with E-state index < -0.39 is 72.8 Å². The molecule has 7 N–H and O–H groups in total.